The fourth-order valence-electron chi connectivity index (χ4n) is 5.00. The molecule has 1 aromatic rings. The number of hydrogen-bond donors (Lipinski definition) is 1. The van der Waals surface area contributed by atoms with E-state index in [0.29, 0.717) is 35.9 Å². The van der Waals surface area contributed by atoms with Crippen molar-refractivity contribution in [3.05, 3.63) is 35.4 Å². The number of esters is 1. The summed E-state index contributed by atoms with van der Waals surface area (Å²) in [6.45, 7) is 5.64. The van der Waals surface area contributed by atoms with Crippen molar-refractivity contribution in [1.82, 2.24) is 15.1 Å². The average molecular weight is 458 g/mol. The van der Waals surface area contributed by atoms with Crippen molar-refractivity contribution < 1.29 is 19.1 Å². The lowest BCUT2D eigenvalue weighted by Gasteiger charge is -2.39. The second-order valence-corrected chi connectivity index (χ2v) is 9.80. The predicted octanol–water partition coefficient (Wildman–Crippen LogP) is 2.88. The first-order valence-corrected chi connectivity index (χ1v) is 12.3. The number of carbonyl (C=O) groups is 3. The Morgan fingerprint density at radius 2 is 1.82 bits per heavy atom. The van der Waals surface area contributed by atoms with Crippen LogP contribution >= 0.6 is 0 Å². The van der Waals surface area contributed by atoms with E-state index in [0.717, 1.165) is 38.9 Å². The van der Waals surface area contributed by atoms with E-state index in [-0.39, 0.29) is 24.3 Å². The van der Waals surface area contributed by atoms with Crippen LogP contribution < -0.4 is 5.32 Å². The molecule has 33 heavy (non-hydrogen) atoms. The van der Waals surface area contributed by atoms with Gasteiger partial charge in [-0.1, -0.05) is 25.1 Å². The third kappa shape index (κ3) is 7.29. The highest BCUT2D eigenvalue weighted by Gasteiger charge is 2.30. The number of methoxy groups -OCH3 is 1. The SMILES string of the molecule is COC(=O)c1ccccc1CC(=O)NCC1CCC(C)CN1C(=O)CCC1CCN(C)CC1. The van der Waals surface area contributed by atoms with Gasteiger partial charge in [0.25, 0.3) is 0 Å². The lowest BCUT2D eigenvalue weighted by Crippen LogP contribution is -2.51. The first-order valence-electron chi connectivity index (χ1n) is 12.3. The summed E-state index contributed by atoms with van der Waals surface area (Å²) in [5.41, 5.74) is 1.05. The molecule has 0 aromatic heterocycles. The molecule has 7 nitrogen and oxygen atoms in total. The molecule has 0 aliphatic carbocycles. The molecule has 0 spiro atoms. The molecule has 1 aromatic carbocycles. The molecule has 7 heteroatoms. The largest absolute Gasteiger partial charge is 0.465 e. The molecule has 2 unspecified atom stereocenters. The van der Waals surface area contributed by atoms with Gasteiger partial charge in [0.15, 0.2) is 0 Å². The van der Waals surface area contributed by atoms with Crippen LogP contribution in [0.15, 0.2) is 24.3 Å². The zero-order valence-corrected chi connectivity index (χ0v) is 20.3. The van der Waals surface area contributed by atoms with Crippen molar-refractivity contribution in [2.75, 3.05) is 40.3 Å². The molecule has 2 amide bonds. The van der Waals surface area contributed by atoms with Crippen molar-refractivity contribution in [2.24, 2.45) is 11.8 Å². The Balaban J connectivity index is 1.52. The molecule has 0 radical (unpaired) electrons. The Morgan fingerprint density at radius 1 is 1.09 bits per heavy atom. The number of piperidine rings is 2. The molecule has 0 saturated carbocycles. The van der Waals surface area contributed by atoms with Crippen LogP contribution in [0.3, 0.4) is 0 Å². The summed E-state index contributed by atoms with van der Waals surface area (Å²) in [4.78, 5) is 42.1. The van der Waals surface area contributed by atoms with Crippen molar-refractivity contribution in [1.29, 1.82) is 0 Å². The Hall–Kier alpha value is -2.41. The maximum Gasteiger partial charge on any atom is 0.338 e. The fraction of sp³-hybridized carbons (Fsp3) is 0.654. The van der Waals surface area contributed by atoms with Gasteiger partial charge in [0, 0.05) is 25.6 Å². The quantitative estimate of drug-likeness (QED) is 0.608. The number of ether oxygens (including phenoxy) is 1. The number of nitrogens with one attached hydrogen (secondary N) is 1. The molecule has 2 saturated heterocycles. The molecule has 182 valence electrons. The minimum absolute atomic E-state index is 0.0333. The standard InChI is InChI=1S/C26H39N3O4/c1-19-8-10-22(29(18-19)25(31)11-9-20-12-14-28(2)15-13-20)17-27-24(30)16-21-6-4-5-7-23(21)26(32)33-3/h4-7,19-20,22H,8-18H2,1-3H3,(H,27,30). The van der Waals surface area contributed by atoms with E-state index in [4.69, 9.17) is 4.74 Å². The number of carbonyl (C=O) groups excluding carboxylic acids is 3. The number of rotatable bonds is 8. The number of hydrogen-bond acceptors (Lipinski definition) is 5. The maximum absolute atomic E-state index is 13.1. The fourth-order valence-corrected chi connectivity index (χ4v) is 5.00. The van der Waals surface area contributed by atoms with Gasteiger partial charge < -0.3 is 19.9 Å². The van der Waals surface area contributed by atoms with Crippen molar-refractivity contribution in [3.8, 4) is 0 Å². The predicted molar refractivity (Wildman–Crippen MR) is 128 cm³/mol. The van der Waals surface area contributed by atoms with Crippen LogP contribution in [0.4, 0.5) is 0 Å². The summed E-state index contributed by atoms with van der Waals surface area (Å²) in [5.74, 6) is 0.747. The summed E-state index contributed by atoms with van der Waals surface area (Å²) in [5, 5.41) is 3.00. The monoisotopic (exact) mass is 457 g/mol. The van der Waals surface area contributed by atoms with Gasteiger partial charge in [-0.3, -0.25) is 9.59 Å². The van der Waals surface area contributed by atoms with Crippen molar-refractivity contribution >= 4 is 17.8 Å². The van der Waals surface area contributed by atoms with Crippen LogP contribution in [-0.4, -0.2) is 74.0 Å². The number of likely N-dealkylation sites (tertiary alicyclic amines) is 2. The molecular formula is C26H39N3O4. The molecule has 2 heterocycles. The van der Waals surface area contributed by atoms with Crippen LogP contribution in [0.1, 0.15) is 61.4 Å². The summed E-state index contributed by atoms with van der Waals surface area (Å²) in [6.07, 6.45) is 5.97. The first kappa shape index (κ1) is 25.2. The van der Waals surface area contributed by atoms with E-state index in [1.165, 1.54) is 20.0 Å². The van der Waals surface area contributed by atoms with Crippen molar-refractivity contribution in [3.63, 3.8) is 0 Å². The van der Waals surface area contributed by atoms with Crippen LogP contribution in [0.25, 0.3) is 0 Å². The molecular weight excluding hydrogens is 418 g/mol. The van der Waals surface area contributed by atoms with Gasteiger partial charge in [-0.05, 0) is 75.7 Å². The average Bonchev–Trinajstić information content (AvgIpc) is 2.82. The van der Waals surface area contributed by atoms with E-state index < -0.39 is 5.97 Å². The molecule has 0 bridgehead atoms. The molecule has 1 N–H and O–H groups in total. The molecule has 2 aliphatic heterocycles. The Morgan fingerprint density at radius 3 is 2.55 bits per heavy atom. The highest BCUT2D eigenvalue weighted by atomic mass is 16.5. The van der Waals surface area contributed by atoms with Gasteiger partial charge in [-0.2, -0.15) is 0 Å². The molecule has 2 aliphatic rings. The molecule has 2 fully saturated rings. The summed E-state index contributed by atoms with van der Waals surface area (Å²) < 4.78 is 4.82. The van der Waals surface area contributed by atoms with E-state index in [1.807, 2.05) is 11.0 Å². The highest BCUT2D eigenvalue weighted by Crippen LogP contribution is 2.25. The summed E-state index contributed by atoms with van der Waals surface area (Å²) in [6, 6.07) is 7.04. The lowest BCUT2D eigenvalue weighted by atomic mass is 9.90. The van der Waals surface area contributed by atoms with E-state index in [9.17, 15) is 14.4 Å². The summed E-state index contributed by atoms with van der Waals surface area (Å²) in [7, 11) is 3.49. The van der Waals surface area contributed by atoms with E-state index in [2.05, 4.69) is 24.2 Å². The van der Waals surface area contributed by atoms with Crippen molar-refractivity contribution in [2.45, 2.75) is 57.9 Å². The van der Waals surface area contributed by atoms with Gasteiger partial charge in [0.05, 0.1) is 19.1 Å². The van der Waals surface area contributed by atoms with Crippen LogP contribution in [-0.2, 0) is 20.7 Å². The van der Waals surface area contributed by atoms with Crippen LogP contribution in [0.2, 0.25) is 0 Å². The van der Waals surface area contributed by atoms with Gasteiger partial charge in [0.1, 0.15) is 0 Å². The van der Waals surface area contributed by atoms with Crippen LogP contribution in [0.5, 0.6) is 0 Å². The maximum atomic E-state index is 13.1. The lowest BCUT2D eigenvalue weighted by molar-refractivity contribution is -0.137. The van der Waals surface area contributed by atoms with Crippen LogP contribution in [0, 0.1) is 11.8 Å². The van der Waals surface area contributed by atoms with E-state index >= 15 is 0 Å². The third-order valence-corrected chi connectivity index (χ3v) is 7.18. The van der Waals surface area contributed by atoms with E-state index in [1.54, 1.807) is 18.2 Å². The Kier molecular flexibility index (Phi) is 9.30. The second kappa shape index (κ2) is 12.2. The Labute approximate surface area is 197 Å². The number of nitrogens with zero attached hydrogens (tertiary/aromatic N) is 2. The molecule has 2 atom stereocenters. The Bertz CT molecular complexity index is 820. The number of benzene rings is 1. The molecule has 3 rings (SSSR count). The van der Waals surface area contributed by atoms with Gasteiger partial charge >= 0.3 is 5.97 Å². The third-order valence-electron chi connectivity index (χ3n) is 7.18. The second-order valence-electron chi connectivity index (χ2n) is 9.80. The summed E-state index contributed by atoms with van der Waals surface area (Å²) >= 11 is 0. The number of amides is 2. The minimum atomic E-state index is -0.443. The first-order chi connectivity index (χ1) is 15.9. The van der Waals surface area contributed by atoms with Gasteiger partial charge in [0.2, 0.25) is 11.8 Å². The van der Waals surface area contributed by atoms with Gasteiger partial charge in [-0.15, -0.1) is 0 Å². The smallest absolute Gasteiger partial charge is 0.338 e. The zero-order chi connectivity index (χ0) is 23.8. The normalized spacial score (nSPS) is 22.1. The minimum Gasteiger partial charge on any atom is -0.465 e. The zero-order valence-electron chi connectivity index (χ0n) is 20.3. The topological polar surface area (TPSA) is 79.0 Å². The highest BCUT2D eigenvalue weighted by molar-refractivity contribution is 5.93. The van der Waals surface area contributed by atoms with Gasteiger partial charge in [-0.25, -0.2) is 4.79 Å².